The Bertz CT molecular complexity index is 379. The SMILES string of the molecule is Cc1cc(C=O)c(C)n1CCCC(F)(F)F. The lowest BCUT2D eigenvalue weighted by atomic mass is 10.2. The molecule has 1 aromatic heterocycles. The highest BCUT2D eigenvalue weighted by Crippen LogP contribution is 2.22. The van der Waals surface area contributed by atoms with Crippen molar-refractivity contribution in [3.63, 3.8) is 0 Å². The second kappa shape index (κ2) is 4.72. The van der Waals surface area contributed by atoms with Crippen molar-refractivity contribution in [1.82, 2.24) is 4.57 Å². The van der Waals surface area contributed by atoms with Crippen LogP contribution >= 0.6 is 0 Å². The third kappa shape index (κ3) is 3.12. The van der Waals surface area contributed by atoms with Crippen molar-refractivity contribution in [2.24, 2.45) is 0 Å². The molecule has 0 amide bonds. The first-order chi connectivity index (χ1) is 7.35. The molecule has 0 unspecified atom stereocenters. The van der Waals surface area contributed by atoms with E-state index in [-0.39, 0.29) is 6.42 Å². The van der Waals surface area contributed by atoms with Gasteiger partial charge in [-0.25, -0.2) is 0 Å². The van der Waals surface area contributed by atoms with Gasteiger partial charge in [0.1, 0.15) is 0 Å². The van der Waals surface area contributed by atoms with Gasteiger partial charge in [-0.2, -0.15) is 13.2 Å². The molecule has 1 heterocycles. The van der Waals surface area contributed by atoms with Gasteiger partial charge in [-0.05, 0) is 26.3 Å². The highest BCUT2D eigenvalue weighted by Gasteiger charge is 2.26. The lowest BCUT2D eigenvalue weighted by Gasteiger charge is -2.10. The van der Waals surface area contributed by atoms with E-state index in [0.717, 1.165) is 17.7 Å². The largest absolute Gasteiger partial charge is 0.389 e. The zero-order valence-electron chi connectivity index (χ0n) is 9.27. The van der Waals surface area contributed by atoms with Crippen molar-refractivity contribution in [1.29, 1.82) is 0 Å². The number of aromatic nitrogens is 1. The predicted octanol–water partition coefficient (Wildman–Crippen LogP) is 3.26. The smallest absolute Gasteiger partial charge is 0.348 e. The van der Waals surface area contributed by atoms with Crippen LogP contribution in [-0.4, -0.2) is 17.0 Å². The summed E-state index contributed by atoms with van der Waals surface area (Å²) >= 11 is 0. The number of aldehydes is 1. The molecule has 0 atom stereocenters. The van der Waals surface area contributed by atoms with Crippen LogP contribution in [0.2, 0.25) is 0 Å². The van der Waals surface area contributed by atoms with Crippen molar-refractivity contribution in [2.45, 2.75) is 39.4 Å². The van der Waals surface area contributed by atoms with E-state index in [0.29, 0.717) is 12.1 Å². The summed E-state index contributed by atoms with van der Waals surface area (Å²) in [5, 5.41) is 0. The number of rotatable bonds is 4. The highest BCUT2D eigenvalue weighted by atomic mass is 19.4. The number of carbonyl (C=O) groups excluding carboxylic acids is 1. The Hall–Kier alpha value is -1.26. The van der Waals surface area contributed by atoms with Crippen LogP contribution < -0.4 is 0 Å². The summed E-state index contributed by atoms with van der Waals surface area (Å²) in [7, 11) is 0. The second-order valence-electron chi connectivity index (χ2n) is 3.81. The molecule has 0 aliphatic heterocycles. The van der Waals surface area contributed by atoms with Gasteiger partial charge in [0.25, 0.3) is 0 Å². The molecular weight excluding hydrogens is 219 g/mol. The van der Waals surface area contributed by atoms with Crippen molar-refractivity contribution < 1.29 is 18.0 Å². The maximum atomic E-state index is 12.0. The first kappa shape index (κ1) is 12.8. The molecule has 2 nitrogen and oxygen atoms in total. The second-order valence-corrected chi connectivity index (χ2v) is 3.81. The molecule has 0 radical (unpaired) electrons. The van der Waals surface area contributed by atoms with Gasteiger partial charge in [-0.3, -0.25) is 4.79 Å². The average molecular weight is 233 g/mol. The van der Waals surface area contributed by atoms with E-state index in [1.165, 1.54) is 0 Å². The fraction of sp³-hybridized carbons (Fsp3) is 0.545. The van der Waals surface area contributed by atoms with Gasteiger partial charge in [-0.1, -0.05) is 0 Å². The van der Waals surface area contributed by atoms with Crippen LogP contribution in [0.3, 0.4) is 0 Å². The predicted molar refractivity (Wildman–Crippen MR) is 54.6 cm³/mol. The van der Waals surface area contributed by atoms with E-state index >= 15 is 0 Å². The number of carbonyl (C=O) groups is 1. The van der Waals surface area contributed by atoms with Crippen molar-refractivity contribution in [2.75, 3.05) is 0 Å². The molecule has 5 heteroatoms. The first-order valence-electron chi connectivity index (χ1n) is 5.04. The van der Waals surface area contributed by atoms with Gasteiger partial charge in [0.05, 0.1) is 0 Å². The standard InChI is InChI=1S/C11H14F3NO/c1-8-6-10(7-16)9(2)15(8)5-3-4-11(12,13)14/h6-7H,3-5H2,1-2H3. The monoisotopic (exact) mass is 233 g/mol. The zero-order chi connectivity index (χ0) is 12.3. The summed E-state index contributed by atoms with van der Waals surface area (Å²) in [6.07, 6.45) is -4.14. The number of nitrogens with zero attached hydrogens (tertiary/aromatic N) is 1. The number of hydrogen-bond donors (Lipinski definition) is 0. The molecule has 90 valence electrons. The first-order valence-corrected chi connectivity index (χ1v) is 5.04. The van der Waals surface area contributed by atoms with Gasteiger partial charge < -0.3 is 4.57 Å². The molecule has 0 aliphatic carbocycles. The number of aryl methyl sites for hydroxylation is 1. The molecule has 0 saturated carbocycles. The Kier molecular flexibility index (Phi) is 3.78. The molecule has 1 aromatic rings. The van der Waals surface area contributed by atoms with Crippen LogP contribution in [0.25, 0.3) is 0 Å². The van der Waals surface area contributed by atoms with Crippen LogP contribution in [0, 0.1) is 13.8 Å². The van der Waals surface area contributed by atoms with Gasteiger partial charge >= 0.3 is 6.18 Å². The Morgan fingerprint density at radius 2 is 2.00 bits per heavy atom. The molecular formula is C11H14F3NO. The van der Waals surface area contributed by atoms with E-state index in [9.17, 15) is 18.0 Å². The van der Waals surface area contributed by atoms with Crippen LogP contribution in [-0.2, 0) is 6.54 Å². The minimum Gasteiger partial charge on any atom is -0.348 e. The zero-order valence-corrected chi connectivity index (χ0v) is 9.27. The van der Waals surface area contributed by atoms with Crippen molar-refractivity contribution >= 4 is 6.29 Å². The average Bonchev–Trinajstić information content (AvgIpc) is 2.42. The summed E-state index contributed by atoms with van der Waals surface area (Å²) in [4.78, 5) is 10.6. The molecule has 0 saturated heterocycles. The van der Waals surface area contributed by atoms with E-state index in [2.05, 4.69) is 0 Å². The minimum absolute atomic E-state index is 0.0398. The lowest BCUT2D eigenvalue weighted by molar-refractivity contribution is -0.135. The number of halogens is 3. The number of alkyl halides is 3. The van der Waals surface area contributed by atoms with Gasteiger partial charge in [0.15, 0.2) is 6.29 Å². The molecule has 1 rings (SSSR count). The Labute approximate surface area is 92.1 Å². The van der Waals surface area contributed by atoms with Gasteiger partial charge in [0.2, 0.25) is 0 Å². The highest BCUT2D eigenvalue weighted by molar-refractivity contribution is 5.77. The minimum atomic E-state index is -4.11. The molecule has 0 bridgehead atoms. The molecule has 0 aliphatic rings. The fourth-order valence-corrected chi connectivity index (χ4v) is 1.73. The van der Waals surface area contributed by atoms with Gasteiger partial charge in [-0.15, -0.1) is 0 Å². The molecule has 0 spiro atoms. The summed E-state index contributed by atoms with van der Waals surface area (Å²) < 4.78 is 37.6. The maximum absolute atomic E-state index is 12.0. The molecule has 0 aromatic carbocycles. The number of hydrogen-bond acceptors (Lipinski definition) is 1. The third-order valence-electron chi connectivity index (χ3n) is 2.58. The normalized spacial score (nSPS) is 11.8. The van der Waals surface area contributed by atoms with Crippen LogP contribution in [0.1, 0.15) is 34.6 Å². The molecule has 16 heavy (non-hydrogen) atoms. The summed E-state index contributed by atoms with van der Waals surface area (Å²) in [5.41, 5.74) is 2.10. The molecule has 0 N–H and O–H groups in total. The Morgan fingerprint density at radius 1 is 1.38 bits per heavy atom. The Morgan fingerprint density at radius 3 is 2.44 bits per heavy atom. The van der Waals surface area contributed by atoms with Crippen molar-refractivity contribution in [3.8, 4) is 0 Å². The van der Waals surface area contributed by atoms with Crippen molar-refractivity contribution in [3.05, 3.63) is 23.0 Å². The molecule has 0 fully saturated rings. The fourth-order valence-electron chi connectivity index (χ4n) is 1.73. The lowest BCUT2D eigenvalue weighted by Crippen LogP contribution is -2.10. The van der Waals surface area contributed by atoms with E-state index in [1.54, 1.807) is 24.5 Å². The van der Waals surface area contributed by atoms with Gasteiger partial charge in [0, 0.05) is 29.9 Å². The van der Waals surface area contributed by atoms with E-state index < -0.39 is 12.6 Å². The van der Waals surface area contributed by atoms with Crippen LogP contribution in [0.5, 0.6) is 0 Å². The van der Waals surface area contributed by atoms with Crippen LogP contribution in [0.15, 0.2) is 6.07 Å². The topological polar surface area (TPSA) is 22.0 Å². The third-order valence-corrected chi connectivity index (χ3v) is 2.58. The quantitative estimate of drug-likeness (QED) is 0.731. The summed E-state index contributed by atoms with van der Waals surface area (Å²) in [6, 6.07) is 1.69. The Balaban J connectivity index is 2.67. The van der Waals surface area contributed by atoms with Crippen LogP contribution in [0.4, 0.5) is 13.2 Å². The summed E-state index contributed by atoms with van der Waals surface area (Å²) in [6.45, 7) is 3.82. The van der Waals surface area contributed by atoms with E-state index in [4.69, 9.17) is 0 Å². The van der Waals surface area contributed by atoms with E-state index in [1.807, 2.05) is 0 Å². The summed E-state index contributed by atoms with van der Waals surface area (Å²) in [5.74, 6) is 0. The maximum Gasteiger partial charge on any atom is 0.389 e.